The van der Waals surface area contributed by atoms with Crippen molar-refractivity contribution in [2.24, 2.45) is 11.3 Å². The van der Waals surface area contributed by atoms with Crippen molar-refractivity contribution in [3.05, 3.63) is 23.8 Å². The first-order chi connectivity index (χ1) is 9.14. The molecule has 1 aromatic carbocycles. The van der Waals surface area contributed by atoms with Crippen LogP contribution in [0.5, 0.6) is 5.75 Å². The minimum absolute atomic E-state index is 0.506. The molecule has 1 fully saturated rings. The molecule has 0 bridgehead atoms. The summed E-state index contributed by atoms with van der Waals surface area (Å²) >= 11 is 0. The molecular weight excluding hydrogens is 234 g/mol. The molecule has 1 heterocycles. The van der Waals surface area contributed by atoms with E-state index in [1.807, 2.05) is 0 Å². The van der Waals surface area contributed by atoms with E-state index in [4.69, 9.17) is 4.74 Å². The Hall–Kier alpha value is -1.18. The van der Waals surface area contributed by atoms with Gasteiger partial charge in [-0.15, -0.1) is 0 Å². The highest BCUT2D eigenvalue weighted by Gasteiger charge is 2.28. The van der Waals surface area contributed by atoms with E-state index in [-0.39, 0.29) is 0 Å². The topological polar surface area (TPSA) is 21.3 Å². The van der Waals surface area contributed by atoms with Gasteiger partial charge in [-0.05, 0) is 49.1 Å². The fourth-order valence-corrected chi connectivity index (χ4v) is 3.65. The molecule has 1 unspecified atom stereocenters. The third-order valence-electron chi connectivity index (χ3n) is 4.61. The van der Waals surface area contributed by atoms with Gasteiger partial charge in [-0.1, -0.05) is 26.3 Å². The highest BCUT2D eigenvalue weighted by molar-refractivity contribution is 5.61. The molecule has 2 heteroatoms. The Morgan fingerprint density at radius 3 is 3.11 bits per heavy atom. The van der Waals surface area contributed by atoms with Gasteiger partial charge in [0, 0.05) is 17.8 Å². The summed E-state index contributed by atoms with van der Waals surface area (Å²) in [5.41, 5.74) is 3.14. The van der Waals surface area contributed by atoms with E-state index in [9.17, 15) is 0 Å². The van der Waals surface area contributed by atoms with Crippen LogP contribution >= 0.6 is 0 Å². The van der Waals surface area contributed by atoms with Gasteiger partial charge in [0.2, 0.25) is 0 Å². The number of ether oxygens (including phenoxy) is 1. The summed E-state index contributed by atoms with van der Waals surface area (Å²) in [6.45, 7) is 6.72. The van der Waals surface area contributed by atoms with Gasteiger partial charge < -0.3 is 10.1 Å². The van der Waals surface area contributed by atoms with E-state index in [0.29, 0.717) is 5.41 Å². The van der Waals surface area contributed by atoms with Gasteiger partial charge >= 0.3 is 0 Å². The van der Waals surface area contributed by atoms with Crippen molar-refractivity contribution in [3.63, 3.8) is 0 Å². The van der Waals surface area contributed by atoms with Crippen molar-refractivity contribution in [3.8, 4) is 5.75 Å². The van der Waals surface area contributed by atoms with Gasteiger partial charge in [-0.3, -0.25) is 0 Å². The monoisotopic (exact) mass is 259 g/mol. The fraction of sp³-hybridized carbons (Fsp3) is 0.647. The second-order valence-electron chi connectivity index (χ2n) is 6.90. The van der Waals surface area contributed by atoms with Crippen molar-refractivity contribution >= 4 is 5.69 Å². The lowest BCUT2D eigenvalue weighted by atomic mass is 9.72. The molecule has 1 aliphatic heterocycles. The first-order valence-electron chi connectivity index (χ1n) is 7.63. The van der Waals surface area contributed by atoms with E-state index in [0.717, 1.165) is 31.2 Å². The summed E-state index contributed by atoms with van der Waals surface area (Å²) < 4.78 is 6.14. The van der Waals surface area contributed by atoms with E-state index in [1.54, 1.807) is 0 Å². The van der Waals surface area contributed by atoms with Crippen molar-refractivity contribution in [1.29, 1.82) is 0 Å². The summed E-state index contributed by atoms with van der Waals surface area (Å²) in [4.78, 5) is 0. The predicted octanol–water partition coefficient (Wildman–Crippen LogP) is 4.25. The Kier molecular flexibility index (Phi) is 3.42. The number of nitrogens with one attached hydrogen (secondary N) is 1. The first kappa shape index (κ1) is 12.8. The Bertz CT molecular complexity index is 453. The highest BCUT2D eigenvalue weighted by Crippen LogP contribution is 2.39. The molecular formula is C17H25NO. The molecule has 2 aliphatic rings. The quantitative estimate of drug-likeness (QED) is 0.876. The summed E-state index contributed by atoms with van der Waals surface area (Å²) in [5, 5.41) is 3.41. The average Bonchev–Trinajstić information content (AvgIpc) is 2.84. The lowest BCUT2D eigenvalue weighted by Gasteiger charge is -2.35. The van der Waals surface area contributed by atoms with E-state index >= 15 is 0 Å². The van der Waals surface area contributed by atoms with Crippen LogP contribution in [-0.2, 0) is 6.42 Å². The summed E-state index contributed by atoms with van der Waals surface area (Å²) in [6.07, 6.45) is 6.46. The zero-order chi connectivity index (χ0) is 13.3. The molecule has 0 spiro atoms. The maximum Gasteiger partial charge on any atom is 0.124 e. The van der Waals surface area contributed by atoms with Crippen LogP contribution in [0, 0.1) is 11.3 Å². The normalized spacial score (nSPS) is 24.6. The smallest absolute Gasteiger partial charge is 0.124 e. The van der Waals surface area contributed by atoms with Crippen molar-refractivity contribution in [1.82, 2.24) is 0 Å². The van der Waals surface area contributed by atoms with Gasteiger partial charge in [-0.25, -0.2) is 0 Å². The number of rotatable bonds is 3. The lowest BCUT2D eigenvalue weighted by molar-refractivity contribution is 0.129. The second kappa shape index (κ2) is 5.07. The van der Waals surface area contributed by atoms with Crippen LogP contribution < -0.4 is 10.1 Å². The Morgan fingerprint density at radius 1 is 1.37 bits per heavy atom. The van der Waals surface area contributed by atoms with Crippen LogP contribution in [0.15, 0.2) is 18.2 Å². The minimum Gasteiger partial charge on any atom is -0.493 e. The van der Waals surface area contributed by atoms with Crippen molar-refractivity contribution in [2.45, 2.75) is 46.0 Å². The molecule has 1 atom stereocenters. The molecule has 1 saturated carbocycles. The maximum absolute atomic E-state index is 6.14. The van der Waals surface area contributed by atoms with Crippen LogP contribution in [0.2, 0.25) is 0 Å². The van der Waals surface area contributed by atoms with E-state index in [2.05, 4.69) is 37.4 Å². The maximum atomic E-state index is 6.14. The van der Waals surface area contributed by atoms with Gasteiger partial charge in [0.25, 0.3) is 0 Å². The first-order valence-corrected chi connectivity index (χ1v) is 7.63. The lowest BCUT2D eigenvalue weighted by Crippen LogP contribution is -2.26. The molecule has 0 amide bonds. The molecule has 19 heavy (non-hydrogen) atoms. The molecule has 3 rings (SSSR count). The second-order valence-corrected chi connectivity index (χ2v) is 6.90. The highest BCUT2D eigenvalue weighted by atomic mass is 16.5. The van der Waals surface area contributed by atoms with Crippen LogP contribution in [0.3, 0.4) is 0 Å². The predicted molar refractivity (Wildman–Crippen MR) is 79.9 cm³/mol. The number of hydrogen-bond donors (Lipinski definition) is 1. The number of fused-ring (bicyclic) bond motifs is 1. The average molecular weight is 259 g/mol. The fourth-order valence-electron chi connectivity index (χ4n) is 3.65. The molecule has 0 radical (unpaired) electrons. The molecule has 104 valence electrons. The summed E-state index contributed by atoms with van der Waals surface area (Å²) in [6, 6.07) is 6.37. The van der Waals surface area contributed by atoms with Crippen LogP contribution in [0.1, 0.15) is 45.1 Å². The van der Waals surface area contributed by atoms with Gasteiger partial charge in [0.05, 0.1) is 6.61 Å². The van der Waals surface area contributed by atoms with Crippen molar-refractivity contribution < 1.29 is 4.74 Å². The van der Waals surface area contributed by atoms with Crippen molar-refractivity contribution in [2.75, 3.05) is 18.5 Å². The van der Waals surface area contributed by atoms with Gasteiger partial charge in [0.15, 0.2) is 0 Å². The third-order valence-corrected chi connectivity index (χ3v) is 4.61. The molecule has 1 N–H and O–H groups in total. The third kappa shape index (κ3) is 2.88. The number of benzene rings is 1. The van der Waals surface area contributed by atoms with Crippen LogP contribution in [0.4, 0.5) is 5.69 Å². The summed E-state index contributed by atoms with van der Waals surface area (Å²) in [5.74, 6) is 1.83. The SMILES string of the molecule is CC1(C)CCCC(COc2cccc3c2CCN3)C1. The van der Waals surface area contributed by atoms with Crippen LogP contribution in [-0.4, -0.2) is 13.2 Å². The molecule has 0 aromatic heterocycles. The van der Waals surface area contributed by atoms with Gasteiger partial charge in [0.1, 0.15) is 5.75 Å². The molecule has 2 nitrogen and oxygen atoms in total. The number of anilines is 1. The molecule has 0 saturated heterocycles. The minimum atomic E-state index is 0.506. The molecule has 1 aromatic rings. The zero-order valence-electron chi connectivity index (χ0n) is 12.2. The Morgan fingerprint density at radius 2 is 2.26 bits per heavy atom. The summed E-state index contributed by atoms with van der Waals surface area (Å²) in [7, 11) is 0. The van der Waals surface area contributed by atoms with Crippen LogP contribution in [0.25, 0.3) is 0 Å². The number of hydrogen-bond acceptors (Lipinski definition) is 2. The largest absolute Gasteiger partial charge is 0.493 e. The zero-order valence-corrected chi connectivity index (χ0v) is 12.2. The van der Waals surface area contributed by atoms with E-state index in [1.165, 1.54) is 36.9 Å². The van der Waals surface area contributed by atoms with E-state index < -0.39 is 0 Å². The molecule has 1 aliphatic carbocycles. The Labute approximate surface area is 116 Å². The Balaban J connectivity index is 1.62. The van der Waals surface area contributed by atoms with Gasteiger partial charge in [-0.2, -0.15) is 0 Å². The standard InChI is InChI=1S/C17H25NO/c1-17(2)9-4-5-13(11-17)12-19-16-7-3-6-15-14(16)8-10-18-15/h3,6-7,13,18H,4-5,8-12H2,1-2H3.